The van der Waals surface area contributed by atoms with Gasteiger partial charge < -0.3 is 15.0 Å². The Morgan fingerprint density at radius 2 is 2.04 bits per heavy atom. The van der Waals surface area contributed by atoms with E-state index < -0.39 is 28.3 Å². The van der Waals surface area contributed by atoms with Gasteiger partial charge in [0.05, 0.1) is 29.8 Å². The summed E-state index contributed by atoms with van der Waals surface area (Å²) in [5, 5.41) is 2.52. The van der Waals surface area contributed by atoms with E-state index in [0.29, 0.717) is 36.3 Å². The molecule has 0 bridgehead atoms. The van der Waals surface area contributed by atoms with Crippen molar-refractivity contribution >= 4 is 50.2 Å². The zero-order chi connectivity index (χ0) is 20.3. The molecule has 1 aromatic heterocycles. The number of amides is 1. The van der Waals surface area contributed by atoms with Gasteiger partial charge in [-0.3, -0.25) is 4.79 Å². The largest absolute Gasteiger partial charge is 0.378 e. The number of ether oxygens (including phenoxy) is 1. The Kier molecular flexibility index (Phi) is 6.56. The van der Waals surface area contributed by atoms with E-state index in [-0.39, 0.29) is 9.90 Å². The van der Waals surface area contributed by atoms with E-state index in [1.165, 1.54) is 25.2 Å². The molecule has 1 fully saturated rings. The standard InChI is InChI=1S/C17H19ClFN3O4S2/c1-21(28(24,25)17-5-4-15(18)27-17)11-16(23)20-12-2-3-14(13(19)10-12)22-6-8-26-9-7-22/h2-5,10H,6-9,11H2,1H3,(H,20,23). The van der Waals surface area contributed by atoms with E-state index in [9.17, 15) is 17.6 Å². The monoisotopic (exact) mass is 447 g/mol. The molecule has 1 aliphatic heterocycles. The minimum Gasteiger partial charge on any atom is -0.378 e. The van der Waals surface area contributed by atoms with Crippen LogP contribution in [0.25, 0.3) is 0 Å². The van der Waals surface area contributed by atoms with Crippen LogP contribution in [0.15, 0.2) is 34.5 Å². The van der Waals surface area contributed by atoms with E-state index >= 15 is 0 Å². The van der Waals surface area contributed by atoms with Crippen LogP contribution in [0.5, 0.6) is 0 Å². The number of nitrogens with zero attached hydrogens (tertiary/aromatic N) is 2. The molecule has 1 saturated heterocycles. The number of anilines is 2. The van der Waals surface area contributed by atoms with E-state index in [1.54, 1.807) is 12.1 Å². The van der Waals surface area contributed by atoms with Crippen LogP contribution in [-0.4, -0.2) is 58.5 Å². The molecule has 1 N–H and O–H groups in total. The van der Waals surface area contributed by atoms with Crippen molar-refractivity contribution in [3.8, 4) is 0 Å². The topological polar surface area (TPSA) is 79.0 Å². The zero-order valence-corrected chi connectivity index (χ0v) is 17.4. The average Bonchev–Trinajstić information content (AvgIpc) is 3.09. The Bertz CT molecular complexity index is 961. The summed E-state index contributed by atoms with van der Waals surface area (Å²) in [5.41, 5.74) is 0.694. The number of carbonyl (C=O) groups is 1. The summed E-state index contributed by atoms with van der Waals surface area (Å²) in [4.78, 5) is 14.1. The number of sulfonamides is 1. The van der Waals surface area contributed by atoms with E-state index in [0.717, 1.165) is 15.6 Å². The Balaban J connectivity index is 1.63. The van der Waals surface area contributed by atoms with Crippen LogP contribution < -0.4 is 10.2 Å². The van der Waals surface area contributed by atoms with E-state index in [4.69, 9.17) is 16.3 Å². The molecule has 28 heavy (non-hydrogen) atoms. The van der Waals surface area contributed by atoms with Gasteiger partial charge in [0.1, 0.15) is 10.0 Å². The maximum atomic E-state index is 14.4. The van der Waals surface area contributed by atoms with Gasteiger partial charge in [0.25, 0.3) is 10.0 Å². The van der Waals surface area contributed by atoms with Crippen LogP contribution in [-0.2, 0) is 19.6 Å². The number of thiophene rings is 1. The number of benzene rings is 1. The second-order valence-corrected chi connectivity index (χ2v) is 10.1. The van der Waals surface area contributed by atoms with Crippen molar-refractivity contribution in [2.45, 2.75) is 4.21 Å². The van der Waals surface area contributed by atoms with Gasteiger partial charge in [0.2, 0.25) is 5.91 Å². The van der Waals surface area contributed by atoms with Crippen molar-refractivity contribution in [1.29, 1.82) is 0 Å². The molecule has 3 rings (SSSR count). The highest BCUT2D eigenvalue weighted by Gasteiger charge is 2.25. The normalized spacial score (nSPS) is 15.1. The molecule has 0 aliphatic carbocycles. The summed E-state index contributed by atoms with van der Waals surface area (Å²) in [6.45, 7) is 1.85. The molecule has 0 saturated carbocycles. The van der Waals surface area contributed by atoms with Crippen LogP contribution in [0.2, 0.25) is 4.34 Å². The Hall–Kier alpha value is -1.72. The number of morpholine rings is 1. The molecule has 152 valence electrons. The Labute approximate surface area is 171 Å². The molecule has 7 nitrogen and oxygen atoms in total. The molecule has 0 atom stereocenters. The third kappa shape index (κ3) is 4.81. The lowest BCUT2D eigenvalue weighted by Crippen LogP contribution is -2.36. The smallest absolute Gasteiger partial charge is 0.252 e. The minimum atomic E-state index is -3.82. The van der Waals surface area contributed by atoms with Gasteiger partial charge in [-0.15, -0.1) is 11.3 Å². The number of hydrogen-bond acceptors (Lipinski definition) is 6. The minimum absolute atomic E-state index is 0.0497. The van der Waals surface area contributed by atoms with Crippen LogP contribution >= 0.6 is 22.9 Å². The molecule has 0 unspecified atom stereocenters. The van der Waals surface area contributed by atoms with Crippen LogP contribution in [0, 0.1) is 5.82 Å². The Morgan fingerprint density at radius 3 is 2.64 bits per heavy atom. The predicted octanol–water partition coefficient (Wildman–Crippen LogP) is 2.64. The lowest BCUT2D eigenvalue weighted by atomic mass is 10.2. The molecule has 1 aliphatic rings. The molecule has 2 heterocycles. The Morgan fingerprint density at radius 1 is 1.32 bits per heavy atom. The summed E-state index contributed by atoms with van der Waals surface area (Å²) in [6, 6.07) is 7.25. The van der Waals surface area contributed by atoms with Crippen molar-refractivity contribution < 1.29 is 22.3 Å². The maximum Gasteiger partial charge on any atom is 0.252 e. The highest BCUT2D eigenvalue weighted by molar-refractivity contribution is 7.91. The average molecular weight is 448 g/mol. The first kappa shape index (κ1) is 21.0. The molecule has 0 radical (unpaired) electrons. The number of nitrogens with one attached hydrogen (secondary N) is 1. The molecular weight excluding hydrogens is 429 g/mol. The van der Waals surface area contributed by atoms with Crippen molar-refractivity contribution in [1.82, 2.24) is 4.31 Å². The zero-order valence-electron chi connectivity index (χ0n) is 15.0. The number of rotatable bonds is 6. The number of hydrogen-bond donors (Lipinski definition) is 1. The second-order valence-electron chi connectivity index (χ2n) is 6.13. The summed E-state index contributed by atoms with van der Waals surface area (Å²) in [6.07, 6.45) is 0. The third-order valence-corrected chi connectivity index (χ3v) is 7.66. The van der Waals surface area contributed by atoms with Gasteiger partial charge in [0.15, 0.2) is 0 Å². The van der Waals surface area contributed by atoms with Gasteiger partial charge in [-0.2, -0.15) is 4.31 Å². The highest BCUT2D eigenvalue weighted by Crippen LogP contribution is 2.28. The van der Waals surface area contributed by atoms with Crippen molar-refractivity contribution in [3.63, 3.8) is 0 Å². The van der Waals surface area contributed by atoms with Gasteiger partial charge in [-0.25, -0.2) is 12.8 Å². The summed E-state index contributed by atoms with van der Waals surface area (Å²) >= 11 is 6.69. The number of likely N-dealkylation sites (N-methyl/N-ethyl adjacent to an activating group) is 1. The first-order valence-corrected chi connectivity index (χ1v) is 11.0. The van der Waals surface area contributed by atoms with Crippen molar-refractivity contribution in [3.05, 3.63) is 40.5 Å². The second kappa shape index (κ2) is 8.75. The fourth-order valence-electron chi connectivity index (χ4n) is 2.72. The molecular formula is C17H19ClFN3O4S2. The summed E-state index contributed by atoms with van der Waals surface area (Å²) in [5.74, 6) is -1.04. The van der Waals surface area contributed by atoms with Crippen LogP contribution in [0.4, 0.5) is 15.8 Å². The quantitative estimate of drug-likeness (QED) is 0.736. The molecule has 0 spiro atoms. The fraction of sp³-hybridized carbons (Fsp3) is 0.353. The van der Waals surface area contributed by atoms with Crippen molar-refractivity contribution in [2.75, 3.05) is 50.1 Å². The summed E-state index contributed by atoms with van der Waals surface area (Å²) in [7, 11) is -2.52. The van der Waals surface area contributed by atoms with Crippen LogP contribution in [0.3, 0.4) is 0 Å². The molecule has 1 amide bonds. The SMILES string of the molecule is CN(CC(=O)Nc1ccc(N2CCOCC2)c(F)c1)S(=O)(=O)c1ccc(Cl)s1. The van der Waals surface area contributed by atoms with Gasteiger partial charge in [-0.05, 0) is 30.3 Å². The molecule has 2 aromatic rings. The molecule has 1 aromatic carbocycles. The highest BCUT2D eigenvalue weighted by atomic mass is 35.5. The van der Waals surface area contributed by atoms with Crippen molar-refractivity contribution in [2.24, 2.45) is 0 Å². The van der Waals surface area contributed by atoms with E-state index in [2.05, 4.69) is 5.32 Å². The lowest BCUT2D eigenvalue weighted by Gasteiger charge is -2.29. The predicted molar refractivity (Wildman–Crippen MR) is 107 cm³/mol. The third-order valence-electron chi connectivity index (χ3n) is 4.16. The van der Waals surface area contributed by atoms with Gasteiger partial charge in [-0.1, -0.05) is 11.6 Å². The lowest BCUT2D eigenvalue weighted by molar-refractivity contribution is -0.116. The number of halogens is 2. The fourth-order valence-corrected chi connectivity index (χ4v) is 5.54. The summed E-state index contributed by atoms with van der Waals surface area (Å²) < 4.78 is 45.8. The maximum absolute atomic E-state index is 14.4. The van der Waals surface area contributed by atoms with Crippen LogP contribution in [0.1, 0.15) is 0 Å². The first-order chi connectivity index (χ1) is 13.3. The van der Waals surface area contributed by atoms with Gasteiger partial charge >= 0.3 is 0 Å². The first-order valence-electron chi connectivity index (χ1n) is 8.41. The van der Waals surface area contributed by atoms with Gasteiger partial charge in [0, 0.05) is 25.8 Å². The van der Waals surface area contributed by atoms with E-state index in [1.807, 2.05) is 4.90 Å². The number of carbonyl (C=O) groups excluding carboxylic acids is 1. The molecule has 11 heteroatoms.